The fourth-order valence-corrected chi connectivity index (χ4v) is 13.2. The van der Waals surface area contributed by atoms with Crippen molar-refractivity contribution < 1.29 is 8.83 Å². The molecule has 4 nitrogen and oxygen atoms in total. The largest absolute Gasteiger partial charge is 0.455 e. The van der Waals surface area contributed by atoms with Gasteiger partial charge in [-0.2, -0.15) is 0 Å². The average Bonchev–Trinajstić information content (AvgIpc) is 4.21. The molecule has 0 bridgehead atoms. The van der Waals surface area contributed by atoms with Crippen LogP contribution in [0.25, 0.3) is 142 Å². The maximum atomic E-state index is 6.74. The molecule has 0 aliphatic carbocycles. The Balaban J connectivity index is 1.19. The number of para-hydroxylation sites is 4. The van der Waals surface area contributed by atoms with Gasteiger partial charge < -0.3 is 17.6 Å². The Morgan fingerprint density at radius 2 is 0.689 bits per heavy atom. The van der Waals surface area contributed by atoms with Gasteiger partial charge in [0, 0.05) is 75.8 Å². The molecule has 0 amide bonds. The van der Waals surface area contributed by atoms with Crippen molar-refractivity contribution in [1.29, 1.82) is 0 Å². The minimum atomic E-state index is -0.164. The lowest BCUT2D eigenvalue weighted by molar-refractivity contribution is 0.571. The van der Waals surface area contributed by atoms with Crippen LogP contribution in [0.2, 0.25) is 0 Å². The van der Waals surface area contributed by atoms with E-state index < -0.39 is 0 Å². The molecule has 0 atom stereocenters. The van der Waals surface area contributed by atoms with Crippen LogP contribution in [-0.2, 0) is 21.7 Å². The van der Waals surface area contributed by atoms with E-state index in [0.717, 1.165) is 66.1 Å². The number of fused-ring (bicyclic) bond motifs is 20. The van der Waals surface area contributed by atoms with E-state index in [1.54, 1.807) is 0 Å². The van der Waals surface area contributed by atoms with E-state index in [9.17, 15) is 0 Å². The van der Waals surface area contributed by atoms with E-state index in [4.69, 9.17) is 8.83 Å². The van der Waals surface area contributed by atoms with Crippen molar-refractivity contribution in [2.75, 3.05) is 0 Å². The molecule has 0 N–H and O–H groups in total. The lowest BCUT2D eigenvalue weighted by Gasteiger charge is -2.26. The topological polar surface area (TPSA) is 35.1 Å². The lowest BCUT2D eigenvalue weighted by Crippen LogP contribution is -2.17. The van der Waals surface area contributed by atoms with Crippen LogP contribution in [0.15, 0.2) is 154 Å². The molecule has 0 saturated heterocycles. The summed E-state index contributed by atoms with van der Waals surface area (Å²) in [5, 5.41) is 15.1. The van der Waals surface area contributed by atoms with Gasteiger partial charge in [0.15, 0.2) is 0 Å². The van der Waals surface area contributed by atoms with Gasteiger partial charge in [-0.1, -0.05) is 192 Å². The highest BCUT2D eigenvalue weighted by molar-refractivity contribution is 6.45. The Morgan fingerprint density at radius 3 is 1.08 bits per heavy atom. The zero-order chi connectivity index (χ0) is 50.9. The van der Waals surface area contributed by atoms with Crippen LogP contribution in [0.3, 0.4) is 0 Å². The van der Waals surface area contributed by atoms with Gasteiger partial charge in [-0.25, -0.2) is 0 Å². The molecule has 6 aromatic heterocycles. The molecule has 0 saturated carbocycles. The second-order valence-electron chi connectivity index (χ2n) is 25.7. The van der Waals surface area contributed by atoms with E-state index in [1.807, 2.05) is 0 Å². The highest BCUT2D eigenvalue weighted by Gasteiger charge is 2.35. The summed E-state index contributed by atoms with van der Waals surface area (Å²) in [6.45, 7) is 28.6. The van der Waals surface area contributed by atoms with Gasteiger partial charge in [-0.15, -0.1) is 0 Å². The van der Waals surface area contributed by atoms with Crippen LogP contribution >= 0.6 is 0 Å². The number of aromatic nitrogens is 2. The number of benzene rings is 9. The molecule has 0 aliphatic rings. The number of hydrogen-bond donors (Lipinski definition) is 0. The predicted molar refractivity (Wildman–Crippen MR) is 316 cm³/mol. The van der Waals surface area contributed by atoms with Crippen LogP contribution < -0.4 is 0 Å². The molecule has 15 rings (SSSR count). The van der Waals surface area contributed by atoms with Gasteiger partial charge in [-0.3, -0.25) is 0 Å². The van der Waals surface area contributed by atoms with Crippen molar-refractivity contribution in [2.24, 2.45) is 0 Å². The third-order valence-corrected chi connectivity index (χ3v) is 16.9. The molecule has 0 unspecified atom stereocenters. The quantitative estimate of drug-likeness (QED) is 0.173. The van der Waals surface area contributed by atoms with Gasteiger partial charge in [0.05, 0.1) is 33.1 Å². The van der Waals surface area contributed by atoms with Crippen molar-refractivity contribution in [2.45, 2.75) is 105 Å². The lowest BCUT2D eigenvalue weighted by atomic mass is 9.79. The summed E-state index contributed by atoms with van der Waals surface area (Å²) in [6, 6.07) is 54.7. The van der Waals surface area contributed by atoms with Crippen LogP contribution in [0.4, 0.5) is 0 Å². The fourth-order valence-electron chi connectivity index (χ4n) is 13.2. The summed E-state index contributed by atoms with van der Waals surface area (Å²) < 4.78 is 18.9. The molecule has 9 aromatic carbocycles. The molecule has 6 heterocycles. The summed E-state index contributed by atoms with van der Waals surface area (Å²) in [4.78, 5) is 0. The van der Waals surface area contributed by atoms with Crippen LogP contribution in [-0.4, -0.2) is 8.80 Å². The van der Waals surface area contributed by atoms with E-state index in [2.05, 4.69) is 237 Å². The summed E-state index contributed by atoms with van der Waals surface area (Å²) in [6.07, 6.45) is 0. The maximum absolute atomic E-state index is 6.74. The Labute approximate surface area is 430 Å². The molecule has 0 aliphatic heterocycles. The molecular formula is C70H60N2O2. The molecule has 0 fully saturated rings. The van der Waals surface area contributed by atoms with Gasteiger partial charge in [0.25, 0.3) is 0 Å². The summed E-state index contributed by atoms with van der Waals surface area (Å²) >= 11 is 0. The molecule has 362 valence electrons. The summed E-state index contributed by atoms with van der Waals surface area (Å²) in [5.41, 5.74) is 20.8. The first-order valence-corrected chi connectivity index (χ1v) is 26.6. The molecule has 0 spiro atoms. The number of rotatable bonds is 2. The van der Waals surface area contributed by atoms with Crippen molar-refractivity contribution >= 4 is 120 Å². The predicted octanol–water partition coefficient (Wildman–Crippen LogP) is 20.3. The van der Waals surface area contributed by atoms with E-state index >= 15 is 0 Å². The smallest absolute Gasteiger partial charge is 0.143 e. The number of nitrogens with zero attached hydrogens (tertiary/aromatic N) is 2. The fraction of sp³-hybridized carbons (Fsp3) is 0.229. The van der Waals surface area contributed by atoms with Crippen molar-refractivity contribution in [3.63, 3.8) is 0 Å². The molecule has 0 radical (unpaired) electrons. The van der Waals surface area contributed by atoms with Crippen LogP contribution in [0.5, 0.6) is 0 Å². The van der Waals surface area contributed by atoms with Gasteiger partial charge >= 0.3 is 0 Å². The summed E-state index contributed by atoms with van der Waals surface area (Å²) in [5.74, 6) is 0. The second-order valence-corrected chi connectivity index (χ2v) is 25.7. The Bertz CT molecular complexity index is 4600. The first-order chi connectivity index (χ1) is 35.3. The average molecular weight is 961 g/mol. The van der Waals surface area contributed by atoms with Gasteiger partial charge in [-0.05, 0) is 91.4 Å². The van der Waals surface area contributed by atoms with E-state index in [-0.39, 0.29) is 21.7 Å². The Hall–Kier alpha value is -7.82. The maximum Gasteiger partial charge on any atom is 0.143 e. The molecule has 74 heavy (non-hydrogen) atoms. The Morgan fingerprint density at radius 1 is 0.311 bits per heavy atom. The minimum Gasteiger partial charge on any atom is -0.455 e. The monoisotopic (exact) mass is 960 g/mol. The highest BCUT2D eigenvalue weighted by atomic mass is 16.3. The van der Waals surface area contributed by atoms with Gasteiger partial charge in [0.2, 0.25) is 0 Å². The SMILES string of the molecule is CC(C)(C)c1cc(C(C)(C)C)c2c(c1)c1c3c4ccc(-c5cccc6c5oc5ccccc56)cc4n4c5c(C(C)(C)C)cc(C(C)(C)C)cc5c(c5c6ccc(-c7cccc8c7oc7ccccc78)cc6n2c51)c34. The van der Waals surface area contributed by atoms with Crippen molar-refractivity contribution in [1.82, 2.24) is 8.80 Å². The molecular weight excluding hydrogens is 901 g/mol. The second kappa shape index (κ2) is 14.1. The third-order valence-electron chi connectivity index (χ3n) is 16.9. The van der Waals surface area contributed by atoms with E-state index in [1.165, 1.54) is 98.4 Å². The van der Waals surface area contributed by atoms with Crippen LogP contribution in [0.1, 0.15) is 105 Å². The zero-order valence-electron chi connectivity index (χ0n) is 44.6. The Kier molecular flexibility index (Phi) is 8.31. The van der Waals surface area contributed by atoms with Crippen molar-refractivity contribution in [3.8, 4) is 22.3 Å². The third kappa shape index (κ3) is 5.69. The molecule has 4 heteroatoms. The van der Waals surface area contributed by atoms with Crippen LogP contribution in [0, 0.1) is 0 Å². The molecule has 15 aromatic rings. The van der Waals surface area contributed by atoms with Gasteiger partial charge in [0.1, 0.15) is 22.3 Å². The van der Waals surface area contributed by atoms with Crippen molar-refractivity contribution in [3.05, 3.63) is 168 Å². The number of furan rings is 2. The normalized spacial score (nSPS) is 13.7. The minimum absolute atomic E-state index is 0.0826. The summed E-state index contributed by atoms with van der Waals surface area (Å²) in [7, 11) is 0. The zero-order valence-corrected chi connectivity index (χ0v) is 44.6. The highest BCUT2D eigenvalue weighted by Crippen LogP contribution is 2.56. The number of hydrogen-bond acceptors (Lipinski definition) is 2. The standard InChI is InChI=1S/C70H60N2O2/c1-67(2,3)39-33-49-59-57-47-29-27-38(42-22-18-24-46-44-20-14-16-26-56(44)74-66(42)46)32-54(47)72-62-50(34-40(68(4,5)6)36-52(62)70(10,11)12)60(64(57)72)58-48-30-28-37(31-53(48)71(63(58)59)61(49)51(35-39)69(7,8)9)41-21-17-23-45-43-19-13-15-25-55(43)73-65(41)45/h13-36H,1-12H3. The van der Waals surface area contributed by atoms with E-state index in [0.29, 0.717) is 0 Å². The first-order valence-electron chi connectivity index (χ1n) is 26.6. The first kappa shape index (κ1) is 43.7.